The number of piperidine rings is 1. The monoisotopic (exact) mass is 285 g/mol. The smallest absolute Gasteiger partial charge is 0.410 e. The van der Waals surface area contributed by atoms with Gasteiger partial charge in [0.15, 0.2) is 0 Å². The first-order valence-corrected chi connectivity index (χ1v) is 7.63. The van der Waals surface area contributed by atoms with Gasteiger partial charge in [-0.2, -0.15) is 0 Å². The second-order valence-corrected chi connectivity index (χ2v) is 6.89. The predicted octanol–water partition coefficient (Wildman–Crippen LogP) is 2.17. The lowest BCUT2D eigenvalue weighted by atomic mass is 9.87. The highest BCUT2D eigenvalue weighted by Gasteiger charge is 2.33. The van der Waals surface area contributed by atoms with Gasteiger partial charge in [-0.15, -0.1) is 0 Å². The van der Waals surface area contributed by atoms with Crippen molar-refractivity contribution in [1.82, 2.24) is 4.90 Å². The molecule has 5 nitrogen and oxygen atoms in total. The highest BCUT2D eigenvalue weighted by atomic mass is 16.6. The topological polar surface area (TPSA) is 59.0 Å². The van der Waals surface area contributed by atoms with Gasteiger partial charge in [-0.3, -0.25) is 0 Å². The van der Waals surface area contributed by atoms with E-state index in [-0.39, 0.29) is 18.3 Å². The third kappa shape index (κ3) is 4.35. The molecule has 2 aliphatic heterocycles. The molecular formula is C15H27NO4. The number of carbonyl (C=O) groups is 1. The minimum absolute atomic E-state index is 0.152. The van der Waals surface area contributed by atoms with E-state index in [1.165, 1.54) is 0 Å². The number of hydrogen-bond acceptors (Lipinski definition) is 4. The van der Waals surface area contributed by atoms with Crippen LogP contribution >= 0.6 is 0 Å². The van der Waals surface area contributed by atoms with E-state index in [0.29, 0.717) is 12.5 Å². The van der Waals surface area contributed by atoms with Crippen molar-refractivity contribution in [2.45, 2.75) is 64.3 Å². The first kappa shape index (κ1) is 15.6. The first-order chi connectivity index (χ1) is 9.35. The number of hydrogen-bond donors (Lipinski definition) is 1. The Morgan fingerprint density at radius 1 is 1.25 bits per heavy atom. The number of ether oxygens (including phenoxy) is 2. The maximum Gasteiger partial charge on any atom is 0.410 e. The van der Waals surface area contributed by atoms with E-state index in [1.54, 1.807) is 4.90 Å². The third-order valence-electron chi connectivity index (χ3n) is 4.00. The predicted molar refractivity (Wildman–Crippen MR) is 75.5 cm³/mol. The Labute approximate surface area is 121 Å². The molecule has 2 atom stereocenters. The molecule has 2 fully saturated rings. The standard InChI is InChI=1S/C15H27NO4/c1-15(2,3)20-14(18)16-7-4-11(5-8-16)13-10-12(17)6-9-19-13/h11-13,17H,4-10H2,1-3H3/t12-,13-/m0/s1. The molecular weight excluding hydrogens is 258 g/mol. The SMILES string of the molecule is CC(C)(C)OC(=O)N1CCC([C@@H]2C[C@@H](O)CCO2)CC1. The fraction of sp³-hybridized carbons (Fsp3) is 0.933. The molecule has 0 aromatic rings. The Morgan fingerprint density at radius 3 is 2.45 bits per heavy atom. The van der Waals surface area contributed by atoms with Crippen molar-refractivity contribution in [2.24, 2.45) is 5.92 Å². The van der Waals surface area contributed by atoms with Gasteiger partial charge >= 0.3 is 6.09 Å². The molecule has 1 N–H and O–H groups in total. The summed E-state index contributed by atoms with van der Waals surface area (Å²) in [5.41, 5.74) is -0.440. The molecule has 20 heavy (non-hydrogen) atoms. The molecule has 2 aliphatic rings. The van der Waals surface area contributed by atoms with Crippen LogP contribution < -0.4 is 0 Å². The number of nitrogens with zero attached hydrogens (tertiary/aromatic N) is 1. The van der Waals surface area contributed by atoms with Gasteiger partial charge in [-0.25, -0.2) is 4.79 Å². The highest BCUT2D eigenvalue weighted by molar-refractivity contribution is 5.68. The summed E-state index contributed by atoms with van der Waals surface area (Å²) in [7, 11) is 0. The van der Waals surface area contributed by atoms with Gasteiger partial charge in [-0.1, -0.05) is 0 Å². The van der Waals surface area contributed by atoms with Crippen LogP contribution in [0.3, 0.4) is 0 Å². The van der Waals surface area contributed by atoms with E-state index in [0.717, 1.165) is 38.8 Å². The van der Waals surface area contributed by atoms with Gasteiger partial charge in [0.25, 0.3) is 0 Å². The normalized spacial score (nSPS) is 29.3. The van der Waals surface area contributed by atoms with Gasteiger partial charge in [0.2, 0.25) is 0 Å². The summed E-state index contributed by atoms with van der Waals surface area (Å²) in [4.78, 5) is 13.8. The number of carbonyl (C=O) groups excluding carboxylic acids is 1. The van der Waals surface area contributed by atoms with Crippen LogP contribution in [0.1, 0.15) is 46.5 Å². The second-order valence-electron chi connectivity index (χ2n) is 6.89. The maximum absolute atomic E-state index is 12.0. The van der Waals surface area contributed by atoms with Crippen LogP contribution in [0.5, 0.6) is 0 Å². The lowest BCUT2D eigenvalue weighted by Gasteiger charge is -2.38. The van der Waals surface area contributed by atoms with Crippen LogP contribution in [0.25, 0.3) is 0 Å². The lowest BCUT2D eigenvalue weighted by molar-refractivity contribution is -0.0801. The molecule has 1 amide bonds. The van der Waals surface area contributed by atoms with Crippen molar-refractivity contribution in [3.63, 3.8) is 0 Å². The lowest BCUT2D eigenvalue weighted by Crippen LogP contribution is -2.45. The summed E-state index contributed by atoms with van der Waals surface area (Å²) < 4.78 is 11.2. The van der Waals surface area contributed by atoms with E-state index in [4.69, 9.17) is 9.47 Å². The first-order valence-electron chi connectivity index (χ1n) is 7.63. The molecule has 5 heteroatoms. The number of rotatable bonds is 1. The summed E-state index contributed by atoms with van der Waals surface area (Å²) in [6, 6.07) is 0. The van der Waals surface area contributed by atoms with E-state index in [2.05, 4.69) is 0 Å². The largest absolute Gasteiger partial charge is 0.444 e. The number of aliphatic hydroxyl groups excluding tert-OH is 1. The summed E-state index contributed by atoms with van der Waals surface area (Å²) >= 11 is 0. The second kappa shape index (κ2) is 6.31. The quantitative estimate of drug-likeness (QED) is 0.802. The third-order valence-corrected chi connectivity index (χ3v) is 4.00. The average Bonchev–Trinajstić information content (AvgIpc) is 2.37. The van der Waals surface area contributed by atoms with Gasteiger partial charge < -0.3 is 19.5 Å². The maximum atomic E-state index is 12.0. The molecule has 0 unspecified atom stereocenters. The molecule has 2 heterocycles. The van der Waals surface area contributed by atoms with Gasteiger partial charge in [-0.05, 0) is 52.4 Å². The van der Waals surface area contributed by atoms with Crippen molar-refractivity contribution in [2.75, 3.05) is 19.7 Å². The van der Waals surface area contributed by atoms with Crippen molar-refractivity contribution >= 4 is 6.09 Å². The Hall–Kier alpha value is -0.810. The fourth-order valence-corrected chi connectivity index (χ4v) is 2.92. The molecule has 116 valence electrons. The molecule has 0 aromatic carbocycles. The van der Waals surface area contributed by atoms with Crippen molar-refractivity contribution in [1.29, 1.82) is 0 Å². The minimum Gasteiger partial charge on any atom is -0.444 e. The molecule has 0 radical (unpaired) electrons. The zero-order valence-corrected chi connectivity index (χ0v) is 12.8. The summed E-state index contributed by atoms with van der Waals surface area (Å²) in [6.45, 7) is 7.74. The van der Waals surface area contributed by atoms with Crippen LogP contribution in [-0.4, -0.2) is 53.6 Å². The number of aliphatic hydroxyl groups is 1. The summed E-state index contributed by atoms with van der Waals surface area (Å²) in [5.74, 6) is 0.448. The molecule has 2 saturated heterocycles. The average molecular weight is 285 g/mol. The molecule has 0 bridgehead atoms. The van der Waals surface area contributed by atoms with Crippen molar-refractivity contribution in [3.8, 4) is 0 Å². The van der Waals surface area contributed by atoms with Crippen LogP contribution in [0.15, 0.2) is 0 Å². The van der Waals surface area contributed by atoms with E-state index >= 15 is 0 Å². The van der Waals surface area contributed by atoms with E-state index < -0.39 is 5.60 Å². The summed E-state index contributed by atoms with van der Waals surface area (Å²) in [5, 5.41) is 9.71. The Balaban J connectivity index is 1.78. The van der Waals surface area contributed by atoms with Crippen LogP contribution in [0, 0.1) is 5.92 Å². The summed E-state index contributed by atoms with van der Waals surface area (Å²) in [6.07, 6.45) is 3.04. The van der Waals surface area contributed by atoms with Crippen molar-refractivity contribution in [3.05, 3.63) is 0 Å². The Morgan fingerprint density at radius 2 is 1.90 bits per heavy atom. The molecule has 0 aromatic heterocycles. The van der Waals surface area contributed by atoms with Crippen LogP contribution in [-0.2, 0) is 9.47 Å². The Kier molecular flexibility index (Phi) is 4.91. The minimum atomic E-state index is -0.440. The Bertz CT molecular complexity index is 331. The number of likely N-dealkylation sites (tertiary alicyclic amines) is 1. The molecule has 0 saturated carbocycles. The molecule has 2 rings (SSSR count). The van der Waals surface area contributed by atoms with Crippen molar-refractivity contribution < 1.29 is 19.4 Å². The van der Waals surface area contributed by atoms with E-state index in [1.807, 2.05) is 20.8 Å². The van der Waals surface area contributed by atoms with Gasteiger partial charge in [0.1, 0.15) is 5.60 Å². The zero-order chi connectivity index (χ0) is 14.8. The molecule has 0 spiro atoms. The van der Waals surface area contributed by atoms with Crippen LogP contribution in [0.2, 0.25) is 0 Å². The van der Waals surface area contributed by atoms with Crippen LogP contribution in [0.4, 0.5) is 4.79 Å². The number of amides is 1. The fourth-order valence-electron chi connectivity index (χ4n) is 2.92. The van der Waals surface area contributed by atoms with Gasteiger partial charge in [0.05, 0.1) is 12.2 Å². The van der Waals surface area contributed by atoms with Gasteiger partial charge in [0, 0.05) is 19.7 Å². The zero-order valence-electron chi connectivity index (χ0n) is 12.8. The molecule has 0 aliphatic carbocycles. The van der Waals surface area contributed by atoms with E-state index in [9.17, 15) is 9.90 Å². The highest BCUT2D eigenvalue weighted by Crippen LogP contribution is 2.29.